The van der Waals surface area contributed by atoms with Gasteiger partial charge in [-0.25, -0.2) is 9.59 Å². The molecule has 0 aliphatic carbocycles. The van der Waals surface area contributed by atoms with Crippen molar-refractivity contribution in [2.24, 2.45) is 15.7 Å². The van der Waals surface area contributed by atoms with Crippen LogP contribution in [0.5, 0.6) is 0 Å². The molecule has 1 aromatic carbocycles. The van der Waals surface area contributed by atoms with E-state index in [-0.39, 0.29) is 0 Å². The van der Waals surface area contributed by atoms with Crippen molar-refractivity contribution in [1.82, 2.24) is 0 Å². The fraction of sp³-hybridized carbons (Fsp3) is 0.692. The van der Waals surface area contributed by atoms with Crippen molar-refractivity contribution in [1.29, 1.82) is 0 Å². The van der Waals surface area contributed by atoms with Crippen molar-refractivity contribution in [2.45, 2.75) is 110 Å². The predicted octanol–water partition coefficient (Wildman–Crippen LogP) is 6.21. The molecule has 1 aliphatic rings. The Morgan fingerprint density at radius 3 is 1.72 bits per heavy atom. The van der Waals surface area contributed by atoms with Gasteiger partial charge in [0.2, 0.25) is 0 Å². The van der Waals surface area contributed by atoms with Crippen LogP contribution < -0.4 is 21.3 Å². The SMILES string of the molecule is CCCCCCCCCCCCCCCCCCN(C(N)=O)c1ccc2c(c1)=NC(=O)N=2. The molecule has 0 fully saturated rings. The monoisotopic (exact) mass is 442 g/mol. The lowest BCUT2D eigenvalue weighted by Gasteiger charge is -2.20. The van der Waals surface area contributed by atoms with Crippen molar-refractivity contribution >= 4 is 17.7 Å². The van der Waals surface area contributed by atoms with E-state index in [9.17, 15) is 9.59 Å². The van der Waals surface area contributed by atoms with Crippen LogP contribution in [0.15, 0.2) is 28.2 Å². The van der Waals surface area contributed by atoms with Gasteiger partial charge < -0.3 is 5.73 Å². The molecular weight excluding hydrogens is 400 g/mol. The van der Waals surface area contributed by atoms with Gasteiger partial charge in [-0.3, -0.25) is 4.90 Å². The molecule has 2 rings (SSSR count). The summed E-state index contributed by atoms with van der Waals surface area (Å²) < 4.78 is 0. The van der Waals surface area contributed by atoms with E-state index in [4.69, 9.17) is 5.73 Å². The van der Waals surface area contributed by atoms with Gasteiger partial charge in [0.1, 0.15) is 0 Å². The lowest BCUT2D eigenvalue weighted by molar-refractivity contribution is 0.253. The first-order valence-corrected chi connectivity index (χ1v) is 12.8. The zero-order valence-corrected chi connectivity index (χ0v) is 20.0. The third-order valence-electron chi connectivity index (χ3n) is 6.20. The zero-order chi connectivity index (χ0) is 23.0. The smallest absolute Gasteiger partial charge is 0.351 e. The van der Waals surface area contributed by atoms with E-state index in [1.807, 2.05) is 0 Å². The number of urea groups is 2. The summed E-state index contributed by atoms with van der Waals surface area (Å²) in [4.78, 5) is 32.4. The second-order valence-electron chi connectivity index (χ2n) is 8.97. The third-order valence-corrected chi connectivity index (χ3v) is 6.20. The molecule has 178 valence electrons. The van der Waals surface area contributed by atoms with Gasteiger partial charge in [0.05, 0.1) is 10.7 Å². The van der Waals surface area contributed by atoms with Crippen LogP contribution in [0, 0.1) is 0 Å². The van der Waals surface area contributed by atoms with Crippen molar-refractivity contribution in [3.63, 3.8) is 0 Å². The zero-order valence-electron chi connectivity index (χ0n) is 20.0. The Morgan fingerprint density at radius 2 is 1.22 bits per heavy atom. The topological polar surface area (TPSA) is 88.1 Å². The van der Waals surface area contributed by atoms with E-state index in [1.54, 1.807) is 23.1 Å². The van der Waals surface area contributed by atoms with Crippen LogP contribution >= 0.6 is 0 Å². The number of fused-ring (bicyclic) bond motifs is 1. The van der Waals surface area contributed by atoms with E-state index < -0.39 is 12.1 Å². The Labute approximate surface area is 193 Å². The first kappa shape index (κ1) is 26.0. The molecular formula is C26H42N4O2. The molecule has 6 heteroatoms. The number of rotatable bonds is 18. The largest absolute Gasteiger partial charge is 0.368 e. The molecule has 0 aromatic heterocycles. The Morgan fingerprint density at radius 1 is 0.750 bits per heavy atom. The number of hydrogen-bond donors (Lipinski definition) is 1. The molecule has 6 nitrogen and oxygen atoms in total. The van der Waals surface area contributed by atoms with Gasteiger partial charge in [0, 0.05) is 12.2 Å². The molecule has 4 amide bonds. The lowest BCUT2D eigenvalue weighted by atomic mass is 10.0. The quantitative estimate of drug-likeness (QED) is 0.274. The minimum Gasteiger partial charge on any atom is -0.351 e. The van der Waals surface area contributed by atoms with Gasteiger partial charge in [-0.15, -0.1) is 0 Å². The number of anilines is 1. The molecule has 32 heavy (non-hydrogen) atoms. The second kappa shape index (κ2) is 15.5. The summed E-state index contributed by atoms with van der Waals surface area (Å²) in [6.45, 7) is 2.85. The van der Waals surface area contributed by atoms with Crippen LogP contribution in [0.4, 0.5) is 15.3 Å². The van der Waals surface area contributed by atoms with Gasteiger partial charge >= 0.3 is 12.1 Å². The van der Waals surface area contributed by atoms with Crippen LogP contribution in [0.2, 0.25) is 0 Å². The molecule has 0 bridgehead atoms. The third kappa shape index (κ3) is 9.92. The van der Waals surface area contributed by atoms with Crippen molar-refractivity contribution in [3.8, 4) is 0 Å². The van der Waals surface area contributed by atoms with E-state index >= 15 is 0 Å². The summed E-state index contributed by atoms with van der Waals surface area (Å²) in [7, 11) is 0. The number of benzene rings is 1. The predicted molar refractivity (Wildman–Crippen MR) is 131 cm³/mol. The van der Waals surface area contributed by atoms with Crippen LogP contribution in [0.3, 0.4) is 0 Å². The second-order valence-corrected chi connectivity index (χ2v) is 8.97. The fourth-order valence-electron chi connectivity index (χ4n) is 4.28. The number of nitrogens with zero attached hydrogens (tertiary/aromatic N) is 3. The average Bonchev–Trinajstić information content (AvgIpc) is 3.15. The molecule has 1 heterocycles. The molecule has 0 spiro atoms. The summed E-state index contributed by atoms with van der Waals surface area (Å²) in [5.74, 6) is 0. The average molecular weight is 443 g/mol. The van der Waals surface area contributed by atoms with Crippen molar-refractivity contribution in [2.75, 3.05) is 11.4 Å². The first-order chi connectivity index (χ1) is 15.6. The van der Waals surface area contributed by atoms with E-state index in [1.165, 1.54) is 89.9 Å². The number of hydrogen-bond acceptors (Lipinski definition) is 2. The fourth-order valence-corrected chi connectivity index (χ4v) is 4.28. The summed E-state index contributed by atoms with van der Waals surface area (Å²) >= 11 is 0. The number of primary amides is 1. The van der Waals surface area contributed by atoms with Gasteiger partial charge in [0.15, 0.2) is 0 Å². The maximum Gasteiger partial charge on any atom is 0.368 e. The highest BCUT2D eigenvalue weighted by atomic mass is 16.2. The van der Waals surface area contributed by atoms with Gasteiger partial charge in [-0.2, -0.15) is 9.98 Å². The molecule has 0 radical (unpaired) electrons. The summed E-state index contributed by atoms with van der Waals surface area (Å²) in [5.41, 5.74) is 6.25. The summed E-state index contributed by atoms with van der Waals surface area (Å²) in [5, 5.41) is 1.05. The molecule has 0 atom stereocenters. The van der Waals surface area contributed by atoms with Crippen molar-refractivity contribution < 1.29 is 9.59 Å². The maximum absolute atomic E-state index is 11.9. The van der Waals surface area contributed by atoms with Gasteiger partial charge in [0.25, 0.3) is 0 Å². The summed E-state index contributed by atoms with van der Waals surface area (Å²) in [6, 6.07) is 4.21. The van der Waals surface area contributed by atoms with E-state index in [2.05, 4.69) is 16.9 Å². The standard InChI is InChI=1S/C26H42N4O2/c1-2-3-4-5-6-7-8-9-10-11-12-13-14-15-16-17-20-30(25(27)31)22-18-19-23-24(21-22)29-26(32)28-23/h18-19,21H,2-17,20H2,1H3,(H2,27,31). The number of unbranched alkanes of at least 4 members (excludes halogenated alkanes) is 15. The van der Waals surface area contributed by atoms with Crippen LogP contribution in [-0.4, -0.2) is 18.6 Å². The van der Waals surface area contributed by atoms with Crippen LogP contribution in [0.1, 0.15) is 110 Å². The van der Waals surface area contributed by atoms with E-state index in [0.29, 0.717) is 22.9 Å². The molecule has 1 aromatic rings. The Balaban J connectivity index is 1.48. The number of carbonyl (C=O) groups excluding carboxylic acids is 2. The van der Waals surface area contributed by atoms with Gasteiger partial charge in [-0.1, -0.05) is 103 Å². The highest BCUT2D eigenvalue weighted by molar-refractivity contribution is 5.90. The first-order valence-electron chi connectivity index (χ1n) is 12.8. The summed E-state index contributed by atoms with van der Waals surface area (Å²) in [6.07, 6.45) is 21.1. The lowest BCUT2D eigenvalue weighted by Crippen LogP contribution is -2.37. The Kier molecular flexibility index (Phi) is 12.6. The normalized spacial score (nSPS) is 12.3. The molecule has 1 aliphatic heterocycles. The minimum atomic E-state index is -0.499. The Hall–Kier alpha value is -2.24. The van der Waals surface area contributed by atoms with Crippen molar-refractivity contribution in [3.05, 3.63) is 28.9 Å². The number of carbonyl (C=O) groups is 2. The molecule has 0 saturated heterocycles. The molecule has 0 saturated carbocycles. The number of amides is 4. The molecule has 0 unspecified atom stereocenters. The highest BCUT2D eigenvalue weighted by Crippen LogP contribution is 2.15. The van der Waals surface area contributed by atoms with Crippen LogP contribution in [0.25, 0.3) is 0 Å². The van der Waals surface area contributed by atoms with E-state index in [0.717, 1.165) is 12.8 Å². The van der Waals surface area contributed by atoms with Gasteiger partial charge in [-0.05, 0) is 24.6 Å². The number of nitrogens with two attached hydrogens (primary N) is 1. The minimum absolute atomic E-state index is 0.479. The maximum atomic E-state index is 11.9. The Bertz CT molecular complexity index is 822. The van der Waals surface area contributed by atoms with Crippen LogP contribution in [-0.2, 0) is 0 Å². The highest BCUT2D eigenvalue weighted by Gasteiger charge is 2.14. The molecule has 2 N–H and O–H groups in total.